The van der Waals surface area contributed by atoms with E-state index in [1.165, 1.54) is 18.3 Å². The Kier molecular flexibility index (Phi) is 5.63. The first-order valence-electron chi connectivity index (χ1n) is 8.14. The molecule has 154 valence electrons. The molecule has 3 rings (SSSR count). The number of tetrazole rings is 1. The van der Waals surface area contributed by atoms with Gasteiger partial charge < -0.3 is 10.1 Å². The number of aromatic nitrogens is 4. The summed E-state index contributed by atoms with van der Waals surface area (Å²) in [6, 6.07) is 6.59. The van der Waals surface area contributed by atoms with Crippen molar-refractivity contribution in [2.24, 2.45) is 0 Å². The standard InChI is InChI=1S/C18H11F5N6O/c1-9-2-3-15(14(4-9)25-8-10(7-24)17-26-28-29-27-17)30-16-12(19)5-11(6-13(16)20)18(21,22)23/h2-6,8,25H,1H3,(H,26,27,28,29). The van der Waals surface area contributed by atoms with E-state index in [1.807, 2.05) is 6.07 Å². The van der Waals surface area contributed by atoms with Gasteiger partial charge in [0.2, 0.25) is 5.82 Å². The minimum atomic E-state index is -4.91. The lowest BCUT2D eigenvalue weighted by Crippen LogP contribution is -2.07. The molecule has 0 radical (unpaired) electrons. The molecule has 0 aliphatic carbocycles. The van der Waals surface area contributed by atoms with Gasteiger partial charge in [-0.25, -0.2) is 8.78 Å². The van der Waals surface area contributed by atoms with Crippen molar-refractivity contribution in [3.8, 4) is 17.6 Å². The Morgan fingerprint density at radius 1 is 1.20 bits per heavy atom. The number of H-pyrrole nitrogens is 1. The van der Waals surface area contributed by atoms with E-state index < -0.39 is 29.1 Å². The van der Waals surface area contributed by atoms with Crippen molar-refractivity contribution in [1.29, 1.82) is 5.26 Å². The van der Waals surface area contributed by atoms with E-state index in [2.05, 4.69) is 25.9 Å². The highest BCUT2D eigenvalue weighted by molar-refractivity contribution is 5.75. The van der Waals surface area contributed by atoms with E-state index >= 15 is 0 Å². The fourth-order valence-electron chi connectivity index (χ4n) is 2.35. The Morgan fingerprint density at radius 2 is 1.90 bits per heavy atom. The molecule has 0 aliphatic rings. The molecule has 0 fully saturated rings. The maximum atomic E-state index is 14.1. The van der Waals surface area contributed by atoms with Gasteiger partial charge in [0.15, 0.2) is 23.1 Å². The second kappa shape index (κ2) is 8.16. The van der Waals surface area contributed by atoms with Crippen molar-refractivity contribution in [2.75, 3.05) is 5.32 Å². The molecular formula is C18H11F5N6O. The number of nitrogens with one attached hydrogen (secondary N) is 2. The average Bonchev–Trinajstić information content (AvgIpc) is 3.20. The van der Waals surface area contributed by atoms with Crippen LogP contribution in [0.4, 0.5) is 27.6 Å². The molecule has 0 aliphatic heterocycles. The van der Waals surface area contributed by atoms with Gasteiger partial charge in [0.1, 0.15) is 11.6 Å². The van der Waals surface area contributed by atoms with Gasteiger partial charge in [-0.3, -0.25) is 0 Å². The molecular weight excluding hydrogens is 411 g/mol. The van der Waals surface area contributed by atoms with Crippen LogP contribution >= 0.6 is 0 Å². The van der Waals surface area contributed by atoms with Crippen LogP contribution in [-0.2, 0) is 6.18 Å². The monoisotopic (exact) mass is 422 g/mol. The van der Waals surface area contributed by atoms with Crippen molar-refractivity contribution in [3.63, 3.8) is 0 Å². The molecule has 2 aromatic carbocycles. The Hall–Kier alpha value is -4.01. The molecule has 0 saturated carbocycles. The van der Waals surface area contributed by atoms with Crippen molar-refractivity contribution >= 4 is 11.3 Å². The fraction of sp³-hybridized carbons (Fsp3) is 0.111. The number of hydrogen-bond acceptors (Lipinski definition) is 6. The lowest BCUT2D eigenvalue weighted by molar-refractivity contribution is -0.138. The van der Waals surface area contributed by atoms with Crippen LogP contribution in [0.3, 0.4) is 0 Å². The second-order valence-corrected chi connectivity index (χ2v) is 5.92. The molecule has 3 aromatic rings. The quantitative estimate of drug-likeness (QED) is 0.462. The summed E-state index contributed by atoms with van der Waals surface area (Å²) in [5.74, 6) is -4.14. The Labute approximate surface area is 165 Å². The van der Waals surface area contributed by atoms with Crippen LogP contribution in [0.25, 0.3) is 5.57 Å². The number of halogens is 5. The molecule has 1 aromatic heterocycles. The predicted molar refractivity (Wildman–Crippen MR) is 94.0 cm³/mol. The molecule has 12 heteroatoms. The number of alkyl halides is 3. The summed E-state index contributed by atoms with van der Waals surface area (Å²) in [6.07, 6.45) is -3.70. The summed E-state index contributed by atoms with van der Waals surface area (Å²) in [4.78, 5) is 0. The van der Waals surface area contributed by atoms with Crippen molar-refractivity contribution < 1.29 is 26.7 Å². The molecule has 0 bridgehead atoms. The summed E-state index contributed by atoms with van der Waals surface area (Å²) in [5, 5.41) is 24.8. The number of allylic oxidation sites excluding steroid dienone is 1. The number of anilines is 1. The maximum Gasteiger partial charge on any atom is 0.416 e. The van der Waals surface area contributed by atoms with Gasteiger partial charge in [0.25, 0.3) is 0 Å². The largest absolute Gasteiger partial charge is 0.449 e. The third-order valence-electron chi connectivity index (χ3n) is 3.75. The third-order valence-corrected chi connectivity index (χ3v) is 3.75. The number of nitrogens with zero attached hydrogens (tertiary/aromatic N) is 4. The molecule has 1 heterocycles. The van der Waals surface area contributed by atoms with Crippen LogP contribution in [0.2, 0.25) is 0 Å². The lowest BCUT2D eigenvalue weighted by atomic mass is 10.2. The topological polar surface area (TPSA) is 99.5 Å². The first-order chi connectivity index (χ1) is 14.2. The Balaban J connectivity index is 1.94. The van der Waals surface area contributed by atoms with Gasteiger partial charge in [0, 0.05) is 6.20 Å². The summed E-state index contributed by atoms with van der Waals surface area (Å²) < 4.78 is 71.6. The van der Waals surface area contributed by atoms with Crippen molar-refractivity contribution in [3.05, 3.63) is 65.1 Å². The number of ether oxygens (including phenoxy) is 1. The summed E-state index contributed by atoms with van der Waals surface area (Å²) in [7, 11) is 0. The fourth-order valence-corrected chi connectivity index (χ4v) is 2.35. The van der Waals surface area contributed by atoms with E-state index in [-0.39, 0.29) is 35.0 Å². The molecule has 30 heavy (non-hydrogen) atoms. The zero-order valence-corrected chi connectivity index (χ0v) is 15.1. The zero-order valence-electron chi connectivity index (χ0n) is 15.1. The highest BCUT2D eigenvalue weighted by atomic mass is 19.4. The van der Waals surface area contributed by atoms with Crippen LogP contribution in [0.5, 0.6) is 11.5 Å². The third kappa shape index (κ3) is 4.52. The Morgan fingerprint density at radius 3 is 2.47 bits per heavy atom. The Bertz CT molecular complexity index is 1110. The van der Waals surface area contributed by atoms with Crippen LogP contribution in [0, 0.1) is 29.9 Å². The number of hydrogen-bond donors (Lipinski definition) is 2. The van der Waals surface area contributed by atoms with E-state index in [4.69, 9.17) is 4.74 Å². The van der Waals surface area contributed by atoms with Gasteiger partial charge in [0.05, 0.1) is 11.3 Å². The molecule has 0 amide bonds. The number of benzene rings is 2. The minimum Gasteiger partial charge on any atom is -0.449 e. The molecule has 0 unspecified atom stereocenters. The van der Waals surface area contributed by atoms with Crippen LogP contribution in [0.15, 0.2) is 36.5 Å². The number of nitriles is 1. The summed E-state index contributed by atoms with van der Waals surface area (Å²) >= 11 is 0. The average molecular weight is 422 g/mol. The maximum absolute atomic E-state index is 14.1. The smallest absolute Gasteiger partial charge is 0.416 e. The van der Waals surface area contributed by atoms with E-state index in [0.717, 1.165) is 5.56 Å². The van der Waals surface area contributed by atoms with Crippen LogP contribution in [0.1, 0.15) is 17.0 Å². The van der Waals surface area contributed by atoms with Gasteiger partial charge in [-0.1, -0.05) is 6.07 Å². The molecule has 7 nitrogen and oxygen atoms in total. The van der Waals surface area contributed by atoms with Gasteiger partial charge in [-0.15, -0.1) is 10.2 Å². The van der Waals surface area contributed by atoms with Gasteiger partial charge in [-0.2, -0.15) is 23.6 Å². The SMILES string of the molecule is Cc1ccc(Oc2c(F)cc(C(F)(F)F)cc2F)c(NC=C(C#N)c2nn[nH]n2)c1. The van der Waals surface area contributed by atoms with Gasteiger partial charge in [-0.05, 0) is 42.0 Å². The van der Waals surface area contributed by atoms with Crippen molar-refractivity contribution in [2.45, 2.75) is 13.1 Å². The van der Waals surface area contributed by atoms with Crippen LogP contribution in [-0.4, -0.2) is 20.6 Å². The lowest BCUT2D eigenvalue weighted by Gasteiger charge is -2.14. The normalized spacial score (nSPS) is 11.8. The van der Waals surface area contributed by atoms with Crippen molar-refractivity contribution in [1.82, 2.24) is 20.6 Å². The molecule has 0 saturated heterocycles. The second-order valence-electron chi connectivity index (χ2n) is 5.92. The molecule has 0 atom stereocenters. The highest BCUT2D eigenvalue weighted by Gasteiger charge is 2.33. The van der Waals surface area contributed by atoms with E-state index in [0.29, 0.717) is 0 Å². The molecule has 0 spiro atoms. The van der Waals surface area contributed by atoms with Crippen LogP contribution < -0.4 is 10.1 Å². The molecule has 2 N–H and O–H groups in total. The highest BCUT2D eigenvalue weighted by Crippen LogP contribution is 2.37. The number of aromatic amines is 1. The zero-order chi connectivity index (χ0) is 21.9. The van der Waals surface area contributed by atoms with E-state index in [1.54, 1.807) is 13.0 Å². The first-order valence-corrected chi connectivity index (χ1v) is 8.14. The number of rotatable bonds is 5. The summed E-state index contributed by atoms with van der Waals surface area (Å²) in [6.45, 7) is 1.72. The predicted octanol–water partition coefficient (Wildman–Crippen LogP) is 4.57. The van der Waals surface area contributed by atoms with E-state index in [9.17, 15) is 27.2 Å². The van der Waals surface area contributed by atoms with Gasteiger partial charge >= 0.3 is 6.18 Å². The summed E-state index contributed by atoms with van der Waals surface area (Å²) in [5.41, 5.74) is -0.577. The first kappa shape index (κ1) is 20.7. The minimum absolute atomic E-state index is 0.0000465. The number of aryl methyl sites for hydroxylation is 1.